The highest BCUT2D eigenvalue weighted by Gasteiger charge is 2.19. The Bertz CT molecular complexity index is 422. The standard InChI is InChI=1S/C12H14FNO3S/c1-18-7-6-10(12(16)17)14-11(15)8-2-4-9(13)5-3-8/h2-5,10H,6-7H2,1H3,(H,14,15)(H,16,17). The summed E-state index contributed by atoms with van der Waals surface area (Å²) in [7, 11) is 0. The molecule has 0 radical (unpaired) electrons. The minimum atomic E-state index is -1.07. The molecule has 2 N–H and O–H groups in total. The molecule has 1 rings (SSSR count). The molecule has 0 fully saturated rings. The van der Waals surface area contributed by atoms with Crippen LogP contribution in [0.5, 0.6) is 0 Å². The van der Waals surface area contributed by atoms with E-state index in [1.165, 1.54) is 23.9 Å². The van der Waals surface area contributed by atoms with Gasteiger partial charge in [0.25, 0.3) is 5.91 Å². The quantitative estimate of drug-likeness (QED) is 0.827. The molecule has 0 saturated heterocycles. The molecular weight excluding hydrogens is 257 g/mol. The van der Waals surface area contributed by atoms with Crippen molar-refractivity contribution in [3.05, 3.63) is 35.6 Å². The lowest BCUT2D eigenvalue weighted by Gasteiger charge is -2.13. The maximum absolute atomic E-state index is 12.7. The van der Waals surface area contributed by atoms with Crippen LogP contribution in [-0.4, -0.2) is 35.0 Å². The molecule has 0 aromatic heterocycles. The third-order valence-electron chi connectivity index (χ3n) is 2.32. The number of carboxylic acid groups (broad SMARTS) is 1. The van der Waals surface area contributed by atoms with Gasteiger partial charge in [0.1, 0.15) is 11.9 Å². The number of hydrogen-bond donors (Lipinski definition) is 2. The molecule has 1 aromatic rings. The topological polar surface area (TPSA) is 66.4 Å². The summed E-state index contributed by atoms with van der Waals surface area (Å²) >= 11 is 1.51. The zero-order chi connectivity index (χ0) is 13.5. The summed E-state index contributed by atoms with van der Waals surface area (Å²) in [4.78, 5) is 22.7. The van der Waals surface area contributed by atoms with Crippen LogP contribution < -0.4 is 5.32 Å². The Hall–Kier alpha value is -1.56. The zero-order valence-electron chi connectivity index (χ0n) is 9.85. The first-order chi connectivity index (χ1) is 8.54. The second kappa shape index (κ2) is 7.00. The van der Waals surface area contributed by atoms with E-state index in [2.05, 4.69) is 5.32 Å². The molecule has 0 aliphatic heterocycles. The third kappa shape index (κ3) is 4.37. The van der Waals surface area contributed by atoms with Crippen LogP contribution >= 0.6 is 11.8 Å². The molecule has 1 amide bonds. The largest absolute Gasteiger partial charge is 0.480 e. The normalized spacial score (nSPS) is 11.9. The molecular formula is C12H14FNO3S. The number of benzene rings is 1. The van der Waals surface area contributed by atoms with Gasteiger partial charge in [0.15, 0.2) is 0 Å². The molecule has 6 heteroatoms. The lowest BCUT2D eigenvalue weighted by molar-refractivity contribution is -0.139. The number of carbonyl (C=O) groups is 2. The Morgan fingerprint density at radius 3 is 2.50 bits per heavy atom. The second-order valence-corrected chi connectivity index (χ2v) is 4.64. The van der Waals surface area contributed by atoms with Crippen LogP contribution in [0, 0.1) is 5.82 Å². The number of carbonyl (C=O) groups excluding carboxylic acids is 1. The molecule has 0 bridgehead atoms. The highest BCUT2D eigenvalue weighted by Crippen LogP contribution is 2.05. The first kappa shape index (κ1) is 14.5. The maximum Gasteiger partial charge on any atom is 0.326 e. The van der Waals surface area contributed by atoms with Crippen LogP contribution in [0.3, 0.4) is 0 Å². The van der Waals surface area contributed by atoms with Gasteiger partial charge >= 0.3 is 5.97 Å². The Morgan fingerprint density at radius 1 is 1.39 bits per heavy atom. The van der Waals surface area contributed by atoms with Crippen molar-refractivity contribution in [1.29, 1.82) is 0 Å². The van der Waals surface area contributed by atoms with Gasteiger partial charge in [-0.1, -0.05) is 0 Å². The first-order valence-corrected chi connectivity index (χ1v) is 6.72. The molecule has 0 aliphatic carbocycles. The smallest absolute Gasteiger partial charge is 0.326 e. The van der Waals surface area contributed by atoms with Crippen molar-refractivity contribution in [3.63, 3.8) is 0 Å². The summed E-state index contributed by atoms with van der Waals surface area (Å²) in [6, 6.07) is 4.03. The summed E-state index contributed by atoms with van der Waals surface area (Å²) in [5.41, 5.74) is 0.242. The minimum Gasteiger partial charge on any atom is -0.480 e. The van der Waals surface area contributed by atoms with Gasteiger partial charge in [-0.3, -0.25) is 4.79 Å². The van der Waals surface area contributed by atoms with Crippen molar-refractivity contribution >= 4 is 23.6 Å². The number of aliphatic carboxylic acids is 1. The Labute approximate surface area is 109 Å². The van der Waals surface area contributed by atoms with Crippen LogP contribution in [0.1, 0.15) is 16.8 Å². The van der Waals surface area contributed by atoms with E-state index in [1.54, 1.807) is 0 Å². The van der Waals surface area contributed by atoms with Crippen LogP contribution in [0.2, 0.25) is 0 Å². The zero-order valence-corrected chi connectivity index (χ0v) is 10.7. The Morgan fingerprint density at radius 2 is 2.00 bits per heavy atom. The molecule has 0 heterocycles. The monoisotopic (exact) mass is 271 g/mol. The first-order valence-electron chi connectivity index (χ1n) is 5.32. The second-order valence-electron chi connectivity index (χ2n) is 3.65. The van der Waals surface area contributed by atoms with E-state index in [-0.39, 0.29) is 5.56 Å². The van der Waals surface area contributed by atoms with E-state index in [1.807, 2.05) is 6.26 Å². The Balaban J connectivity index is 2.66. The lowest BCUT2D eigenvalue weighted by atomic mass is 10.1. The SMILES string of the molecule is CSCCC(NC(=O)c1ccc(F)cc1)C(=O)O. The maximum atomic E-state index is 12.7. The molecule has 98 valence electrons. The molecule has 4 nitrogen and oxygen atoms in total. The van der Waals surface area contributed by atoms with Gasteiger partial charge in [0, 0.05) is 5.56 Å². The van der Waals surface area contributed by atoms with Gasteiger partial charge in [-0.15, -0.1) is 0 Å². The van der Waals surface area contributed by atoms with E-state index >= 15 is 0 Å². The van der Waals surface area contributed by atoms with Gasteiger partial charge < -0.3 is 10.4 Å². The number of thioether (sulfide) groups is 1. The van der Waals surface area contributed by atoms with E-state index < -0.39 is 23.7 Å². The summed E-state index contributed by atoms with van der Waals surface area (Å²) in [5, 5.41) is 11.4. The predicted molar refractivity (Wildman–Crippen MR) is 68.3 cm³/mol. The van der Waals surface area contributed by atoms with Crippen LogP contribution in [0.15, 0.2) is 24.3 Å². The summed E-state index contributed by atoms with van der Waals surface area (Å²) in [6.45, 7) is 0. The lowest BCUT2D eigenvalue weighted by Crippen LogP contribution is -2.41. The molecule has 18 heavy (non-hydrogen) atoms. The van der Waals surface area contributed by atoms with Crippen LogP contribution in [-0.2, 0) is 4.79 Å². The van der Waals surface area contributed by atoms with Gasteiger partial charge in [-0.2, -0.15) is 11.8 Å². The number of hydrogen-bond acceptors (Lipinski definition) is 3. The number of rotatable bonds is 6. The molecule has 1 aromatic carbocycles. The Kier molecular flexibility index (Phi) is 5.64. The molecule has 1 atom stereocenters. The van der Waals surface area contributed by atoms with Crippen molar-refractivity contribution in [1.82, 2.24) is 5.32 Å². The highest BCUT2D eigenvalue weighted by molar-refractivity contribution is 7.98. The van der Waals surface area contributed by atoms with Crippen LogP contribution in [0.4, 0.5) is 4.39 Å². The van der Waals surface area contributed by atoms with E-state index in [0.717, 1.165) is 12.1 Å². The minimum absolute atomic E-state index is 0.242. The predicted octanol–water partition coefficient (Wildman–Crippen LogP) is 1.76. The van der Waals surface area contributed by atoms with E-state index in [0.29, 0.717) is 12.2 Å². The van der Waals surface area contributed by atoms with Gasteiger partial charge in [-0.25, -0.2) is 9.18 Å². The number of nitrogens with one attached hydrogen (secondary N) is 1. The molecule has 0 spiro atoms. The van der Waals surface area contributed by atoms with Gasteiger partial charge in [-0.05, 0) is 42.7 Å². The van der Waals surface area contributed by atoms with Crippen molar-refractivity contribution in [3.8, 4) is 0 Å². The average molecular weight is 271 g/mol. The fourth-order valence-electron chi connectivity index (χ4n) is 1.34. The average Bonchev–Trinajstić information content (AvgIpc) is 2.34. The van der Waals surface area contributed by atoms with E-state index in [9.17, 15) is 14.0 Å². The van der Waals surface area contributed by atoms with Gasteiger partial charge in [0.05, 0.1) is 0 Å². The highest BCUT2D eigenvalue weighted by atomic mass is 32.2. The molecule has 0 aliphatic rings. The molecule has 1 unspecified atom stereocenters. The van der Waals surface area contributed by atoms with Gasteiger partial charge in [0.2, 0.25) is 0 Å². The van der Waals surface area contributed by atoms with Crippen molar-refractivity contribution in [2.24, 2.45) is 0 Å². The number of amides is 1. The van der Waals surface area contributed by atoms with Crippen molar-refractivity contribution in [2.75, 3.05) is 12.0 Å². The van der Waals surface area contributed by atoms with Crippen molar-refractivity contribution in [2.45, 2.75) is 12.5 Å². The van der Waals surface area contributed by atoms with Crippen LogP contribution in [0.25, 0.3) is 0 Å². The van der Waals surface area contributed by atoms with Crippen molar-refractivity contribution < 1.29 is 19.1 Å². The summed E-state index contributed by atoms with van der Waals surface area (Å²) in [6.07, 6.45) is 2.21. The van der Waals surface area contributed by atoms with E-state index in [4.69, 9.17) is 5.11 Å². The summed E-state index contributed by atoms with van der Waals surface area (Å²) < 4.78 is 12.7. The molecule has 0 saturated carbocycles. The fraction of sp³-hybridized carbons (Fsp3) is 0.333. The summed E-state index contributed by atoms with van der Waals surface area (Å²) in [5.74, 6) is -1.38. The third-order valence-corrected chi connectivity index (χ3v) is 2.96. The fourth-order valence-corrected chi connectivity index (χ4v) is 1.81. The number of carboxylic acids is 1. The number of halogens is 1.